The number of esters is 1. The summed E-state index contributed by atoms with van der Waals surface area (Å²) in [6.45, 7) is 1.66. The van der Waals surface area contributed by atoms with Gasteiger partial charge in [-0.2, -0.15) is 8.42 Å². The van der Waals surface area contributed by atoms with Gasteiger partial charge in [0.2, 0.25) is 0 Å². The molecule has 0 aromatic carbocycles. The molecule has 0 aliphatic carbocycles. The van der Waals surface area contributed by atoms with Crippen molar-refractivity contribution in [3.8, 4) is 0 Å². The van der Waals surface area contributed by atoms with Crippen molar-refractivity contribution in [1.82, 2.24) is 0 Å². The Morgan fingerprint density at radius 3 is 2.43 bits per heavy atom. The predicted octanol–water partition coefficient (Wildman–Crippen LogP) is 0.227. The summed E-state index contributed by atoms with van der Waals surface area (Å²) in [5.74, 6) is -0.962. The minimum Gasteiger partial charge on any atom is -0.464 e. The molecule has 0 bridgehead atoms. The van der Waals surface area contributed by atoms with E-state index in [-0.39, 0.29) is 44.3 Å². The van der Waals surface area contributed by atoms with Gasteiger partial charge in [0, 0.05) is 44.2 Å². The quantitative estimate of drug-likeness (QED) is 0.414. The Morgan fingerprint density at radius 1 is 1.43 bits per heavy atom. The monoisotopic (exact) mass is 250 g/mol. The van der Waals surface area contributed by atoms with Gasteiger partial charge in [-0.15, -0.1) is 0 Å². The number of hydrogen-bond donors (Lipinski definition) is 1. The van der Waals surface area contributed by atoms with Gasteiger partial charge in [0.25, 0.3) is 10.1 Å². The summed E-state index contributed by atoms with van der Waals surface area (Å²) in [5, 5.41) is 0. The maximum absolute atomic E-state index is 10.8. The van der Waals surface area contributed by atoms with Gasteiger partial charge >= 0.3 is 5.97 Å². The summed E-state index contributed by atoms with van der Waals surface area (Å²) in [5.41, 5.74) is 0. The van der Waals surface area contributed by atoms with Gasteiger partial charge in [0.1, 0.15) is 12.4 Å². The summed E-state index contributed by atoms with van der Waals surface area (Å²) in [6.07, 6.45) is 1.90. The van der Waals surface area contributed by atoms with E-state index in [1.807, 2.05) is 6.92 Å². The molecule has 0 fully saturated rings. The van der Waals surface area contributed by atoms with Crippen molar-refractivity contribution < 1.29 is 22.5 Å². The average Bonchev–Trinajstić information content (AvgIpc) is 1.98. The van der Waals surface area contributed by atoms with E-state index < -0.39 is 21.8 Å². The molecular weight excluding hydrogens is 236 g/mol. The van der Waals surface area contributed by atoms with E-state index in [1.54, 1.807) is 0 Å². The fourth-order valence-corrected chi connectivity index (χ4v) is 0.948. The molecule has 0 atom stereocenters. The Hall–Kier alpha value is 0.640. The van der Waals surface area contributed by atoms with E-state index in [0.29, 0.717) is 6.42 Å². The summed E-state index contributed by atoms with van der Waals surface area (Å²) < 4.78 is 33.2. The molecule has 0 saturated carbocycles. The molecule has 5 nitrogen and oxygen atoms in total. The van der Waals surface area contributed by atoms with E-state index in [1.165, 1.54) is 0 Å². The minimum absolute atomic E-state index is 0. The molecule has 2 radical (unpaired) electrons. The second kappa shape index (κ2) is 8.91. The molecule has 0 aromatic heterocycles. The molecule has 0 rings (SSSR count). The average molecular weight is 250 g/mol. The van der Waals surface area contributed by atoms with Crippen molar-refractivity contribution in [2.45, 2.75) is 26.2 Å². The maximum Gasteiger partial charge on any atom is 0.305 e. The number of rotatable bonds is 6. The number of unbranched alkanes of at least 4 members (excludes halogenated alkanes) is 1. The van der Waals surface area contributed by atoms with Gasteiger partial charge in [-0.05, 0) is 6.42 Å². The number of ether oxygens (including phenoxy) is 1. The molecule has 0 unspecified atom stereocenters. The third-order valence-corrected chi connectivity index (χ3v) is 2.02. The number of carbonyl (C=O) groups is 1. The zero-order chi connectivity index (χ0) is 10.3. The van der Waals surface area contributed by atoms with Crippen LogP contribution in [0.4, 0.5) is 0 Å². The van der Waals surface area contributed by atoms with Crippen LogP contribution in [0.15, 0.2) is 0 Å². The van der Waals surface area contributed by atoms with Crippen LogP contribution in [0.25, 0.3) is 0 Å². The SMILES string of the molecule is CCCCC(=O)OCCS(=O)(=O)O.[Ca]. The molecule has 0 heterocycles. The third-order valence-electron chi connectivity index (χ3n) is 1.34. The number of carbonyl (C=O) groups excluding carboxylic acids is 1. The van der Waals surface area contributed by atoms with Crippen LogP contribution in [0.3, 0.4) is 0 Å². The zero-order valence-corrected chi connectivity index (χ0v) is 11.3. The fraction of sp³-hybridized carbons (Fsp3) is 0.857. The summed E-state index contributed by atoms with van der Waals surface area (Å²) >= 11 is 0. The Morgan fingerprint density at radius 2 is 2.00 bits per heavy atom. The van der Waals surface area contributed by atoms with E-state index in [0.717, 1.165) is 12.8 Å². The van der Waals surface area contributed by atoms with Crippen LogP contribution in [0.2, 0.25) is 0 Å². The standard InChI is InChI=1S/C7H14O5S.Ca/c1-2-3-4-7(8)12-5-6-13(9,10)11;/h2-6H2,1H3,(H,9,10,11);. The molecule has 7 heteroatoms. The molecule has 0 aromatic rings. The van der Waals surface area contributed by atoms with Crippen LogP contribution in [0.1, 0.15) is 26.2 Å². The van der Waals surface area contributed by atoms with Crippen molar-refractivity contribution in [2.75, 3.05) is 12.4 Å². The van der Waals surface area contributed by atoms with E-state index in [9.17, 15) is 13.2 Å². The molecular formula is C7H14CaO5S. The van der Waals surface area contributed by atoms with Crippen LogP contribution < -0.4 is 0 Å². The van der Waals surface area contributed by atoms with Crippen molar-refractivity contribution in [3.05, 3.63) is 0 Å². The van der Waals surface area contributed by atoms with Gasteiger partial charge in [-0.3, -0.25) is 9.35 Å². The van der Waals surface area contributed by atoms with Crippen LogP contribution in [-0.2, 0) is 19.6 Å². The number of hydrogen-bond acceptors (Lipinski definition) is 4. The van der Waals surface area contributed by atoms with Crippen LogP contribution in [0, 0.1) is 0 Å². The molecule has 0 amide bonds. The Labute approximate surface area is 114 Å². The molecule has 14 heavy (non-hydrogen) atoms. The second-order valence-electron chi connectivity index (χ2n) is 2.61. The first kappa shape index (κ1) is 17.0. The van der Waals surface area contributed by atoms with Gasteiger partial charge in [0.05, 0.1) is 0 Å². The first-order valence-corrected chi connectivity index (χ1v) is 5.67. The van der Waals surface area contributed by atoms with E-state index in [2.05, 4.69) is 4.74 Å². The van der Waals surface area contributed by atoms with Crippen molar-refractivity contribution in [1.29, 1.82) is 0 Å². The smallest absolute Gasteiger partial charge is 0.305 e. The minimum atomic E-state index is -4.02. The first-order valence-electron chi connectivity index (χ1n) is 4.06. The summed E-state index contributed by atoms with van der Waals surface area (Å²) in [7, 11) is -4.02. The molecule has 1 N–H and O–H groups in total. The third kappa shape index (κ3) is 12.6. The predicted molar refractivity (Wildman–Crippen MR) is 52.7 cm³/mol. The molecule has 80 valence electrons. The molecule has 0 spiro atoms. The van der Waals surface area contributed by atoms with Crippen LogP contribution in [0.5, 0.6) is 0 Å². The maximum atomic E-state index is 10.8. The first-order chi connectivity index (χ1) is 5.95. The second-order valence-corrected chi connectivity index (χ2v) is 4.18. The summed E-state index contributed by atoms with van der Waals surface area (Å²) in [4.78, 5) is 10.8. The topological polar surface area (TPSA) is 80.7 Å². The molecule has 0 aliphatic heterocycles. The fourth-order valence-electron chi connectivity index (χ4n) is 0.654. The van der Waals surface area contributed by atoms with Crippen LogP contribution >= 0.6 is 0 Å². The van der Waals surface area contributed by atoms with Gasteiger partial charge in [-0.25, -0.2) is 0 Å². The van der Waals surface area contributed by atoms with E-state index >= 15 is 0 Å². The van der Waals surface area contributed by atoms with Crippen LogP contribution in [-0.4, -0.2) is 69.0 Å². The largest absolute Gasteiger partial charge is 0.464 e. The summed E-state index contributed by atoms with van der Waals surface area (Å²) in [6, 6.07) is 0. The Kier molecular flexibility index (Phi) is 10.8. The normalized spacial score (nSPS) is 10.4. The Bertz CT molecular complexity index is 249. The molecule has 0 saturated heterocycles. The van der Waals surface area contributed by atoms with Gasteiger partial charge in [0.15, 0.2) is 0 Å². The van der Waals surface area contributed by atoms with Crippen molar-refractivity contribution in [2.24, 2.45) is 0 Å². The van der Waals surface area contributed by atoms with Crippen molar-refractivity contribution >= 4 is 53.8 Å². The zero-order valence-electron chi connectivity index (χ0n) is 8.23. The van der Waals surface area contributed by atoms with E-state index in [4.69, 9.17) is 4.55 Å². The Balaban J connectivity index is 0. The van der Waals surface area contributed by atoms with Crippen molar-refractivity contribution in [3.63, 3.8) is 0 Å². The molecule has 0 aliphatic rings. The van der Waals surface area contributed by atoms with Gasteiger partial charge < -0.3 is 4.74 Å². The van der Waals surface area contributed by atoms with Gasteiger partial charge in [-0.1, -0.05) is 13.3 Å².